The van der Waals surface area contributed by atoms with Crippen molar-refractivity contribution >= 4 is 11.6 Å². The van der Waals surface area contributed by atoms with E-state index >= 15 is 0 Å². The van der Waals surface area contributed by atoms with Crippen LogP contribution in [0.25, 0.3) is 0 Å². The standard InChI is InChI=1S/C13H8FN3O/c14-12-6-2-5-11(17-12)13(18)16-10-4-1-3-9(7-10)8-15/h1-7H,(H,16,18). The second-order valence-corrected chi connectivity index (χ2v) is 3.49. The number of anilines is 1. The van der Waals surface area contributed by atoms with E-state index in [0.29, 0.717) is 11.3 Å². The zero-order valence-corrected chi connectivity index (χ0v) is 9.22. The molecule has 0 aliphatic rings. The van der Waals surface area contributed by atoms with Crippen molar-refractivity contribution < 1.29 is 9.18 Å². The number of nitrogens with one attached hydrogen (secondary N) is 1. The number of pyridine rings is 1. The molecule has 0 aliphatic carbocycles. The van der Waals surface area contributed by atoms with E-state index in [2.05, 4.69) is 10.3 Å². The molecule has 0 saturated carbocycles. The van der Waals surface area contributed by atoms with Gasteiger partial charge < -0.3 is 5.32 Å². The van der Waals surface area contributed by atoms with Crippen molar-refractivity contribution in [3.8, 4) is 6.07 Å². The van der Waals surface area contributed by atoms with Crippen LogP contribution in [0.4, 0.5) is 10.1 Å². The molecule has 2 aromatic rings. The number of rotatable bonds is 2. The zero-order chi connectivity index (χ0) is 13.0. The van der Waals surface area contributed by atoms with E-state index in [1.54, 1.807) is 18.2 Å². The highest BCUT2D eigenvalue weighted by atomic mass is 19.1. The number of hydrogen-bond donors (Lipinski definition) is 1. The Morgan fingerprint density at radius 1 is 1.28 bits per heavy atom. The van der Waals surface area contributed by atoms with Crippen LogP contribution in [0.15, 0.2) is 42.5 Å². The second kappa shape index (κ2) is 5.06. The van der Waals surface area contributed by atoms with Gasteiger partial charge in [-0.3, -0.25) is 4.79 Å². The number of aromatic nitrogens is 1. The van der Waals surface area contributed by atoms with Gasteiger partial charge in [0.15, 0.2) is 0 Å². The number of benzene rings is 1. The number of carbonyl (C=O) groups is 1. The van der Waals surface area contributed by atoms with Crippen molar-refractivity contribution in [2.45, 2.75) is 0 Å². The Balaban J connectivity index is 2.19. The highest BCUT2D eigenvalue weighted by Crippen LogP contribution is 2.11. The first-order valence-electron chi connectivity index (χ1n) is 5.13. The summed E-state index contributed by atoms with van der Waals surface area (Å²) in [7, 11) is 0. The molecule has 1 heterocycles. The summed E-state index contributed by atoms with van der Waals surface area (Å²) in [5.74, 6) is -1.24. The quantitative estimate of drug-likeness (QED) is 0.820. The lowest BCUT2D eigenvalue weighted by Crippen LogP contribution is -2.14. The van der Waals surface area contributed by atoms with E-state index in [1.165, 1.54) is 18.2 Å². The van der Waals surface area contributed by atoms with Crippen LogP contribution >= 0.6 is 0 Å². The number of nitrogens with zero attached hydrogens (tertiary/aromatic N) is 2. The predicted molar refractivity (Wildman–Crippen MR) is 63.3 cm³/mol. The number of halogens is 1. The van der Waals surface area contributed by atoms with Gasteiger partial charge in [-0.25, -0.2) is 4.98 Å². The molecule has 2 rings (SSSR count). The van der Waals surface area contributed by atoms with E-state index in [-0.39, 0.29) is 5.69 Å². The van der Waals surface area contributed by atoms with Gasteiger partial charge in [-0.2, -0.15) is 9.65 Å². The predicted octanol–water partition coefficient (Wildman–Crippen LogP) is 2.34. The monoisotopic (exact) mass is 241 g/mol. The van der Waals surface area contributed by atoms with Gasteiger partial charge in [0.25, 0.3) is 5.91 Å². The molecule has 0 spiro atoms. The third-order valence-corrected chi connectivity index (χ3v) is 2.20. The van der Waals surface area contributed by atoms with E-state index in [9.17, 15) is 9.18 Å². The van der Waals surface area contributed by atoms with Gasteiger partial charge in [0.1, 0.15) is 5.69 Å². The van der Waals surface area contributed by atoms with Crippen molar-refractivity contribution in [3.63, 3.8) is 0 Å². The van der Waals surface area contributed by atoms with Crippen LogP contribution in [-0.2, 0) is 0 Å². The Kier molecular flexibility index (Phi) is 3.30. The van der Waals surface area contributed by atoms with Gasteiger partial charge in [-0.15, -0.1) is 0 Å². The molecule has 0 fully saturated rings. The summed E-state index contributed by atoms with van der Waals surface area (Å²) in [5.41, 5.74) is 0.877. The smallest absolute Gasteiger partial charge is 0.274 e. The third kappa shape index (κ3) is 2.68. The number of amides is 1. The van der Waals surface area contributed by atoms with Crippen LogP contribution in [-0.4, -0.2) is 10.9 Å². The van der Waals surface area contributed by atoms with Crippen molar-refractivity contribution in [1.29, 1.82) is 5.26 Å². The van der Waals surface area contributed by atoms with Crippen molar-refractivity contribution in [2.24, 2.45) is 0 Å². The minimum atomic E-state index is -0.714. The summed E-state index contributed by atoms with van der Waals surface area (Å²) in [4.78, 5) is 15.2. The Labute approximate surface area is 103 Å². The maximum atomic E-state index is 12.9. The fourth-order valence-corrected chi connectivity index (χ4v) is 1.40. The van der Waals surface area contributed by atoms with Crippen LogP contribution in [0.5, 0.6) is 0 Å². The highest BCUT2D eigenvalue weighted by Gasteiger charge is 2.08. The van der Waals surface area contributed by atoms with Gasteiger partial charge >= 0.3 is 0 Å². The van der Waals surface area contributed by atoms with Crippen molar-refractivity contribution in [3.05, 3.63) is 59.7 Å². The summed E-state index contributed by atoms with van der Waals surface area (Å²) in [6, 6.07) is 12.4. The molecule has 0 atom stereocenters. The second-order valence-electron chi connectivity index (χ2n) is 3.49. The van der Waals surface area contributed by atoms with E-state index in [4.69, 9.17) is 5.26 Å². The maximum Gasteiger partial charge on any atom is 0.274 e. The van der Waals surface area contributed by atoms with Crippen molar-refractivity contribution in [1.82, 2.24) is 4.98 Å². The number of hydrogen-bond acceptors (Lipinski definition) is 3. The molecule has 4 nitrogen and oxygen atoms in total. The SMILES string of the molecule is N#Cc1cccc(NC(=O)c2cccc(F)n2)c1. The van der Waals surface area contributed by atoms with Crippen LogP contribution in [0, 0.1) is 17.3 Å². The number of nitriles is 1. The lowest BCUT2D eigenvalue weighted by Gasteiger charge is -2.04. The number of carbonyl (C=O) groups excluding carboxylic acids is 1. The molecule has 0 radical (unpaired) electrons. The molecule has 0 saturated heterocycles. The average molecular weight is 241 g/mol. The first kappa shape index (κ1) is 11.7. The molecule has 1 N–H and O–H groups in total. The van der Waals surface area contributed by atoms with Gasteiger partial charge in [0.2, 0.25) is 5.95 Å². The lowest BCUT2D eigenvalue weighted by atomic mass is 10.2. The summed E-state index contributed by atoms with van der Waals surface area (Å²) in [6.07, 6.45) is 0. The van der Waals surface area contributed by atoms with Gasteiger partial charge in [-0.1, -0.05) is 12.1 Å². The molecule has 5 heteroatoms. The Morgan fingerprint density at radius 2 is 2.06 bits per heavy atom. The molecule has 0 unspecified atom stereocenters. The summed E-state index contributed by atoms with van der Waals surface area (Å²) < 4.78 is 12.9. The fraction of sp³-hybridized carbons (Fsp3) is 0. The van der Waals surface area contributed by atoms with Gasteiger partial charge in [0, 0.05) is 5.69 Å². The minimum absolute atomic E-state index is 0.0163. The largest absolute Gasteiger partial charge is 0.321 e. The minimum Gasteiger partial charge on any atom is -0.321 e. The van der Waals surface area contributed by atoms with Crippen molar-refractivity contribution in [2.75, 3.05) is 5.32 Å². The van der Waals surface area contributed by atoms with E-state index < -0.39 is 11.9 Å². The maximum absolute atomic E-state index is 12.9. The summed E-state index contributed by atoms with van der Waals surface area (Å²) in [6.45, 7) is 0. The van der Waals surface area contributed by atoms with Crippen LogP contribution in [0.3, 0.4) is 0 Å². The molecule has 1 aromatic heterocycles. The molecule has 18 heavy (non-hydrogen) atoms. The van der Waals surface area contributed by atoms with Crippen LogP contribution in [0.2, 0.25) is 0 Å². The fourth-order valence-electron chi connectivity index (χ4n) is 1.40. The third-order valence-electron chi connectivity index (χ3n) is 2.20. The van der Waals surface area contributed by atoms with E-state index in [1.807, 2.05) is 6.07 Å². The van der Waals surface area contributed by atoms with Crippen LogP contribution in [0.1, 0.15) is 16.1 Å². The Morgan fingerprint density at radius 3 is 2.78 bits per heavy atom. The summed E-state index contributed by atoms with van der Waals surface area (Å²) >= 11 is 0. The molecule has 1 amide bonds. The molecule has 0 aliphatic heterocycles. The van der Waals surface area contributed by atoms with Crippen LogP contribution < -0.4 is 5.32 Å². The molecular weight excluding hydrogens is 233 g/mol. The van der Waals surface area contributed by atoms with Gasteiger partial charge in [-0.05, 0) is 30.3 Å². The normalized spacial score (nSPS) is 9.56. The Hall–Kier alpha value is -2.74. The first-order valence-corrected chi connectivity index (χ1v) is 5.13. The lowest BCUT2D eigenvalue weighted by molar-refractivity contribution is 0.102. The zero-order valence-electron chi connectivity index (χ0n) is 9.22. The summed E-state index contributed by atoms with van der Waals surface area (Å²) in [5, 5.41) is 11.3. The van der Waals surface area contributed by atoms with E-state index in [0.717, 1.165) is 6.07 Å². The first-order chi connectivity index (χ1) is 8.69. The highest BCUT2D eigenvalue weighted by molar-refractivity contribution is 6.02. The van der Waals surface area contributed by atoms with Gasteiger partial charge in [0.05, 0.1) is 11.6 Å². The molecule has 88 valence electrons. The topological polar surface area (TPSA) is 65.8 Å². The molecule has 1 aromatic carbocycles. The Bertz CT molecular complexity index is 634. The molecule has 0 bridgehead atoms. The average Bonchev–Trinajstić information content (AvgIpc) is 2.39. The molecular formula is C13H8FN3O.